The van der Waals surface area contributed by atoms with Gasteiger partial charge in [-0.15, -0.1) is 0 Å². The Hall–Kier alpha value is -0.830. The van der Waals surface area contributed by atoms with Crippen LogP contribution < -0.4 is 0 Å². The first-order valence-electron chi connectivity index (χ1n) is 10.2. The molecular formula is C22H36BrNO. The van der Waals surface area contributed by atoms with Crippen LogP contribution in [0.15, 0.2) is 28.7 Å². The van der Waals surface area contributed by atoms with E-state index >= 15 is 0 Å². The second-order valence-corrected chi connectivity index (χ2v) is 7.90. The summed E-state index contributed by atoms with van der Waals surface area (Å²) in [5, 5.41) is 0. The molecule has 0 aliphatic carbocycles. The minimum Gasteiger partial charge on any atom is -0.339 e. The average Bonchev–Trinajstić information content (AvgIpc) is 2.62. The van der Waals surface area contributed by atoms with E-state index in [9.17, 15) is 4.79 Å². The van der Waals surface area contributed by atoms with Gasteiger partial charge in [0.15, 0.2) is 0 Å². The molecule has 0 saturated carbocycles. The van der Waals surface area contributed by atoms with Crippen molar-refractivity contribution < 1.29 is 4.79 Å². The van der Waals surface area contributed by atoms with E-state index in [4.69, 9.17) is 0 Å². The monoisotopic (exact) mass is 409 g/mol. The summed E-state index contributed by atoms with van der Waals surface area (Å²) in [6, 6.07) is 7.78. The van der Waals surface area contributed by atoms with Gasteiger partial charge in [-0.25, -0.2) is 0 Å². The third-order valence-electron chi connectivity index (χ3n) is 4.67. The quantitative estimate of drug-likeness (QED) is 0.297. The van der Waals surface area contributed by atoms with Crippen LogP contribution in [0.4, 0.5) is 0 Å². The number of carbonyl (C=O) groups is 1. The predicted octanol–water partition coefficient (Wildman–Crippen LogP) is 7.22. The second kappa shape index (κ2) is 14.4. The molecule has 0 aromatic heterocycles. The SMILES string of the molecule is CCCCCCCCN(CCCCCCC)C(=O)c1cccc(Br)c1. The Kier molecular flexibility index (Phi) is 12.8. The van der Waals surface area contributed by atoms with Crippen LogP contribution in [-0.2, 0) is 0 Å². The molecule has 0 aliphatic rings. The number of nitrogens with zero attached hydrogens (tertiary/aromatic N) is 1. The summed E-state index contributed by atoms with van der Waals surface area (Å²) in [6.45, 7) is 6.27. The summed E-state index contributed by atoms with van der Waals surface area (Å²) in [5.41, 5.74) is 0.800. The fraction of sp³-hybridized carbons (Fsp3) is 0.682. The van der Waals surface area contributed by atoms with E-state index < -0.39 is 0 Å². The summed E-state index contributed by atoms with van der Waals surface area (Å²) in [7, 11) is 0. The molecule has 0 N–H and O–H groups in total. The maximum Gasteiger partial charge on any atom is 0.253 e. The van der Waals surface area contributed by atoms with Gasteiger partial charge in [0.25, 0.3) is 5.91 Å². The van der Waals surface area contributed by atoms with Crippen LogP contribution in [0, 0.1) is 0 Å². The zero-order chi connectivity index (χ0) is 18.3. The molecule has 0 aliphatic heterocycles. The number of halogens is 1. The van der Waals surface area contributed by atoms with Crippen LogP contribution >= 0.6 is 15.9 Å². The van der Waals surface area contributed by atoms with Crippen molar-refractivity contribution in [3.8, 4) is 0 Å². The maximum atomic E-state index is 12.9. The summed E-state index contributed by atoms with van der Waals surface area (Å²) in [4.78, 5) is 15.0. The van der Waals surface area contributed by atoms with E-state index in [0.717, 1.165) is 36.0 Å². The Labute approximate surface area is 163 Å². The van der Waals surface area contributed by atoms with Gasteiger partial charge in [0.1, 0.15) is 0 Å². The van der Waals surface area contributed by atoms with Crippen LogP contribution in [0.3, 0.4) is 0 Å². The molecule has 0 heterocycles. The summed E-state index contributed by atoms with van der Waals surface area (Å²) >= 11 is 3.48. The van der Waals surface area contributed by atoms with Crippen LogP contribution in [-0.4, -0.2) is 23.9 Å². The highest BCUT2D eigenvalue weighted by Crippen LogP contribution is 2.15. The van der Waals surface area contributed by atoms with Gasteiger partial charge in [0, 0.05) is 23.1 Å². The van der Waals surface area contributed by atoms with Gasteiger partial charge in [-0.05, 0) is 31.0 Å². The fourth-order valence-electron chi connectivity index (χ4n) is 3.11. The zero-order valence-corrected chi connectivity index (χ0v) is 17.8. The summed E-state index contributed by atoms with van der Waals surface area (Å²) in [5.74, 6) is 0.186. The van der Waals surface area contributed by atoms with E-state index in [1.807, 2.05) is 24.3 Å². The number of rotatable bonds is 14. The molecule has 3 heteroatoms. The Morgan fingerprint density at radius 3 is 1.88 bits per heavy atom. The lowest BCUT2D eigenvalue weighted by Crippen LogP contribution is -2.33. The lowest BCUT2D eigenvalue weighted by Gasteiger charge is -2.23. The molecule has 0 unspecified atom stereocenters. The van der Waals surface area contributed by atoms with E-state index in [-0.39, 0.29) is 5.91 Å². The Bertz CT molecular complexity index is 475. The van der Waals surface area contributed by atoms with E-state index in [0.29, 0.717) is 0 Å². The molecule has 1 rings (SSSR count). The van der Waals surface area contributed by atoms with Gasteiger partial charge in [0.05, 0.1) is 0 Å². The largest absolute Gasteiger partial charge is 0.339 e. The standard InChI is InChI=1S/C22H36BrNO/c1-3-5-7-9-11-13-18-24(17-12-10-8-6-4-2)22(25)20-15-14-16-21(23)19-20/h14-16,19H,3-13,17-18H2,1-2H3. The van der Waals surface area contributed by atoms with Crippen LogP contribution in [0.5, 0.6) is 0 Å². The number of amides is 1. The van der Waals surface area contributed by atoms with Crippen molar-refractivity contribution in [3.05, 3.63) is 34.3 Å². The van der Waals surface area contributed by atoms with Gasteiger partial charge in [-0.1, -0.05) is 93.6 Å². The van der Waals surface area contributed by atoms with Gasteiger partial charge in [-0.3, -0.25) is 4.79 Å². The molecule has 0 radical (unpaired) electrons. The molecule has 0 atom stereocenters. The number of hydrogen-bond acceptors (Lipinski definition) is 1. The van der Waals surface area contributed by atoms with Crippen molar-refractivity contribution >= 4 is 21.8 Å². The van der Waals surface area contributed by atoms with Crippen LogP contribution in [0.2, 0.25) is 0 Å². The summed E-state index contributed by atoms with van der Waals surface area (Å²) in [6.07, 6.45) is 13.8. The third-order valence-corrected chi connectivity index (χ3v) is 5.17. The molecule has 1 aromatic rings. The van der Waals surface area contributed by atoms with Gasteiger partial charge in [0.2, 0.25) is 0 Å². The Balaban J connectivity index is 2.49. The zero-order valence-electron chi connectivity index (χ0n) is 16.2. The topological polar surface area (TPSA) is 20.3 Å². The van der Waals surface area contributed by atoms with Crippen molar-refractivity contribution in [2.75, 3.05) is 13.1 Å². The van der Waals surface area contributed by atoms with Crippen molar-refractivity contribution in [3.63, 3.8) is 0 Å². The third kappa shape index (κ3) is 10.0. The lowest BCUT2D eigenvalue weighted by atomic mass is 10.1. The van der Waals surface area contributed by atoms with Gasteiger partial charge < -0.3 is 4.90 Å². The number of carbonyl (C=O) groups excluding carboxylic acids is 1. The van der Waals surface area contributed by atoms with Crippen molar-refractivity contribution in [2.45, 2.75) is 84.5 Å². The molecule has 0 fully saturated rings. The maximum absolute atomic E-state index is 12.9. The van der Waals surface area contributed by atoms with Crippen LogP contribution in [0.25, 0.3) is 0 Å². The molecule has 2 nitrogen and oxygen atoms in total. The van der Waals surface area contributed by atoms with Crippen molar-refractivity contribution in [1.29, 1.82) is 0 Å². The number of benzene rings is 1. The first-order valence-corrected chi connectivity index (χ1v) is 11.0. The highest BCUT2D eigenvalue weighted by Gasteiger charge is 2.15. The fourth-order valence-corrected chi connectivity index (χ4v) is 3.51. The smallest absolute Gasteiger partial charge is 0.253 e. The molecule has 1 amide bonds. The van der Waals surface area contributed by atoms with Crippen molar-refractivity contribution in [1.82, 2.24) is 4.90 Å². The molecule has 1 aromatic carbocycles. The van der Waals surface area contributed by atoms with Gasteiger partial charge >= 0.3 is 0 Å². The summed E-state index contributed by atoms with van der Waals surface area (Å²) < 4.78 is 0.973. The minimum absolute atomic E-state index is 0.186. The van der Waals surface area contributed by atoms with Crippen molar-refractivity contribution in [2.24, 2.45) is 0 Å². The molecule has 0 bridgehead atoms. The minimum atomic E-state index is 0.186. The second-order valence-electron chi connectivity index (χ2n) is 6.98. The Morgan fingerprint density at radius 2 is 1.36 bits per heavy atom. The van der Waals surface area contributed by atoms with E-state index in [2.05, 4.69) is 34.7 Å². The molecular weight excluding hydrogens is 374 g/mol. The average molecular weight is 410 g/mol. The first-order chi connectivity index (χ1) is 12.2. The van der Waals surface area contributed by atoms with Crippen LogP contribution in [0.1, 0.15) is 94.8 Å². The molecule has 25 heavy (non-hydrogen) atoms. The molecule has 142 valence electrons. The van der Waals surface area contributed by atoms with Gasteiger partial charge in [-0.2, -0.15) is 0 Å². The number of hydrogen-bond donors (Lipinski definition) is 0. The molecule has 0 spiro atoms. The number of unbranched alkanes of at least 4 members (excludes halogenated alkanes) is 9. The van der Waals surface area contributed by atoms with E-state index in [1.54, 1.807) is 0 Å². The lowest BCUT2D eigenvalue weighted by molar-refractivity contribution is 0.0749. The normalized spacial score (nSPS) is 10.8. The van der Waals surface area contributed by atoms with E-state index in [1.165, 1.54) is 57.8 Å². The Morgan fingerprint density at radius 1 is 0.840 bits per heavy atom. The predicted molar refractivity (Wildman–Crippen MR) is 112 cm³/mol. The highest BCUT2D eigenvalue weighted by atomic mass is 79.9. The highest BCUT2D eigenvalue weighted by molar-refractivity contribution is 9.10. The molecule has 0 saturated heterocycles. The first kappa shape index (κ1) is 22.2.